The van der Waals surface area contributed by atoms with Crippen LogP contribution in [0.3, 0.4) is 0 Å². The monoisotopic (exact) mass is 511 g/mol. The number of carboxylic acid groups (broad SMARTS) is 1. The van der Waals surface area contributed by atoms with E-state index >= 15 is 0 Å². The third kappa shape index (κ3) is 8.91. The number of ether oxygens (including phenoxy) is 3. The van der Waals surface area contributed by atoms with Gasteiger partial charge in [-0.3, -0.25) is 0 Å². The highest BCUT2D eigenvalue weighted by atomic mass is 32.1. The Balaban J connectivity index is 2.14. The molecule has 0 aliphatic heterocycles. The Labute approximate surface area is 209 Å². The predicted molar refractivity (Wildman–Crippen MR) is 131 cm³/mol. The van der Waals surface area contributed by atoms with Crippen molar-refractivity contribution in [2.75, 3.05) is 70.8 Å². The van der Waals surface area contributed by atoms with Gasteiger partial charge in [-0.1, -0.05) is 6.07 Å². The number of azo groups is 1. The Kier molecular flexibility index (Phi) is 12.7. The average molecular weight is 512 g/mol. The number of aromatic nitrogens is 1. The van der Waals surface area contributed by atoms with Crippen LogP contribution in [0, 0.1) is 13.8 Å². The van der Waals surface area contributed by atoms with E-state index in [2.05, 4.69) is 15.1 Å². The summed E-state index contributed by atoms with van der Waals surface area (Å²) in [5.41, 5.74) is 2.74. The lowest BCUT2D eigenvalue weighted by molar-refractivity contribution is -0.657. The molecule has 1 heterocycles. The molecule has 11 nitrogen and oxygen atoms in total. The maximum absolute atomic E-state index is 11.5. The second-order valence-electron chi connectivity index (χ2n) is 7.55. The molecule has 0 fully saturated rings. The molecule has 2 rings (SSSR count). The van der Waals surface area contributed by atoms with E-state index in [-0.39, 0.29) is 25.5 Å². The number of aliphatic hydroxyl groups excluding tert-OH is 2. The number of hydrogen-bond acceptors (Lipinski definition) is 10. The van der Waals surface area contributed by atoms with E-state index in [9.17, 15) is 9.90 Å². The molecule has 35 heavy (non-hydrogen) atoms. The molecular formula is C23H35N4O7S+. The van der Waals surface area contributed by atoms with Crippen molar-refractivity contribution in [1.29, 1.82) is 0 Å². The molecule has 194 valence electrons. The lowest BCUT2D eigenvalue weighted by Gasteiger charge is -2.26. The zero-order chi connectivity index (χ0) is 25.6. The first-order valence-corrected chi connectivity index (χ1v) is 12.2. The van der Waals surface area contributed by atoms with Crippen molar-refractivity contribution in [2.45, 2.75) is 13.8 Å². The summed E-state index contributed by atoms with van der Waals surface area (Å²) in [6, 6.07) is 5.74. The molecule has 0 spiro atoms. The van der Waals surface area contributed by atoms with Crippen molar-refractivity contribution in [1.82, 2.24) is 0 Å². The summed E-state index contributed by atoms with van der Waals surface area (Å²) >= 11 is 1.27. The predicted octanol–water partition coefficient (Wildman–Crippen LogP) is 2.14. The first-order valence-electron chi connectivity index (χ1n) is 11.3. The van der Waals surface area contributed by atoms with Crippen LogP contribution in [0.15, 0.2) is 28.4 Å². The fourth-order valence-corrected chi connectivity index (χ4v) is 4.29. The number of aliphatic hydroxyl groups is 2. The maximum Gasteiger partial charge on any atom is 0.409 e. The number of anilines is 1. The molecule has 0 saturated carbocycles. The zero-order valence-electron chi connectivity index (χ0n) is 20.5. The van der Waals surface area contributed by atoms with Gasteiger partial charge in [0.2, 0.25) is 5.69 Å². The lowest BCUT2D eigenvalue weighted by atomic mass is 10.1. The number of aryl methyl sites for hydroxylation is 1. The zero-order valence-corrected chi connectivity index (χ0v) is 21.3. The van der Waals surface area contributed by atoms with Crippen LogP contribution in [-0.2, 0) is 21.3 Å². The quantitative estimate of drug-likeness (QED) is 0.167. The Bertz CT molecular complexity index is 968. The van der Waals surface area contributed by atoms with Gasteiger partial charge in [-0.2, -0.15) is 0 Å². The fraction of sp³-hybridized carbons (Fsp3) is 0.565. The van der Waals surface area contributed by atoms with Crippen LogP contribution in [0.4, 0.5) is 16.5 Å². The second kappa shape index (κ2) is 15.5. The summed E-state index contributed by atoms with van der Waals surface area (Å²) in [7, 11) is 1.66. The summed E-state index contributed by atoms with van der Waals surface area (Å²) < 4.78 is 17.9. The van der Waals surface area contributed by atoms with E-state index in [4.69, 9.17) is 24.4 Å². The number of carboxylic acids is 1. The number of carbonyl (C=O) groups is 1. The van der Waals surface area contributed by atoms with Crippen LogP contribution < -0.4 is 9.47 Å². The lowest BCUT2D eigenvalue weighted by Crippen LogP contribution is -2.33. The summed E-state index contributed by atoms with van der Waals surface area (Å²) in [5.74, 6) is -0.998. The number of rotatable bonds is 17. The largest absolute Gasteiger partial charge is 0.475 e. The highest BCUT2D eigenvalue weighted by Crippen LogP contribution is 2.31. The molecule has 0 unspecified atom stereocenters. The fourth-order valence-electron chi connectivity index (χ4n) is 3.38. The minimum absolute atomic E-state index is 0.0142. The van der Waals surface area contributed by atoms with Gasteiger partial charge in [0.1, 0.15) is 5.69 Å². The van der Waals surface area contributed by atoms with Crippen molar-refractivity contribution < 1.29 is 38.9 Å². The highest BCUT2D eigenvalue weighted by Gasteiger charge is 2.25. The van der Waals surface area contributed by atoms with Crippen LogP contribution in [0.5, 0.6) is 0 Å². The minimum Gasteiger partial charge on any atom is -0.475 e. The Morgan fingerprint density at radius 1 is 0.971 bits per heavy atom. The van der Waals surface area contributed by atoms with Crippen molar-refractivity contribution in [3.05, 3.63) is 34.3 Å². The molecule has 0 saturated heterocycles. The molecule has 0 bridgehead atoms. The molecule has 1 aromatic carbocycles. The van der Waals surface area contributed by atoms with Gasteiger partial charge in [0, 0.05) is 24.3 Å². The normalized spacial score (nSPS) is 11.5. The molecule has 0 aliphatic carbocycles. The Hall–Kier alpha value is -2.48. The van der Waals surface area contributed by atoms with E-state index in [1.165, 1.54) is 15.9 Å². The van der Waals surface area contributed by atoms with Gasteiger partial charge < -0.3 is 34.4 Å². The third-order valence-corrected chi connectivity index (χ3v) is 6.16. The first kappa shape index (κ1) is 28.8. The number of aromatic carboxylic acids is 1. The SMILES string of the molecule is Cc1sc(N=Nc2cccc(N(CCOCCO)CCOCCOCCO)c2C)[n+](C)c1C(=O)O. The van der Waals surface area contributed by atoms with E-state index in [0.29, 0.717) is 61.8 Å². The standard InChI is InChI=1S/C23H34N4O7S/c1-17-19(24-25-23-26(3)21(22(30)31)18(2)35-23)5-4-6-20(17)27(7-11-32-13-9-28)8-12-33-15-16-34-14-10-29/h4-6,28-29H,7-16H2,1-3H3/p+1. The van der Waals surface area contributed by atoms with Crippen LogP contribution >= 0.6 is 11.3 Å². The Morgan fingerprint density at radius 2 is 1.57 bits per heavy atom. The van der Waals surface area contributed by atoms with E-state index < -0.39 is 5.97 Å². The van der Waals surface area contributed by atoms with Gasteiger partial charge in [-0.25, -0.2) is 9.36 Å². The van der Waals surface area contributed by atoms with Gasteiger partial charge >= 0.3 is 11.1 Å². The van der Waals surface area contributed by atoms with Crippen molar-refractivity contribution in [3.8, 4) is 0 Å². The highest BCUT2D eigenvalue weighted by molar-refractivity contribution is 7.15. The second-order valence-corrected chi connectivity index (χ2v) is 8.73. The third-order valence-electron chi connectivity index (χ3n) is 5.12. The number of hydrogen-bond donors (Lipinski definition) is 3. The summed E-state index contributed by atoms with van der Waals surface area (Å²) in [4.78, 5) is 14.2. The van der Waals surface area contributed by atoms with Crippen LogP contribution in [-0.4, -0.2) is 87.2 Å². The Morgan fingerprint density at radius 3 is 2.14 bits per heavy atom. The van der Waals surface area contributed by atoms with Crippen LogP contribution in [0.2, 0.25) is 0 Å². The van der Waals surface area contributed by atoms with Crippen molar-refractivity contribution in [2.24, 2.45) is 17.3 Å². The maximum atomic E-state index is 11.5. The van der Waals surface area contributed by atoms with Crippen molar-refractivity contribution >= 4 is 33.8 Å². The van der Waals surface area contributed by atoms with Crippen LogP contribution in [0.1, 0.15) is 20.9 Å². The molecule has 0 amide bonds. The van der Waals surface area contributed by atoms with Crippen LogP contribution in [0.25, 0.3) is 0 Å². The molecule has 0 atom stereocenters. The van der Waals surface area contributed by atoms with Crippen molar-refractivity contribution in [3.63, 3.8) is 0 Å². The number of thiazole rings is 1. The first-order chi connectivity index (χ1) is 16.9. The van der Waals surface area contributed by atoms with Gasteiger partial charge in [0.15, 0.2) is 0 Å². The van der Waals surface area contributed by atoms with Gasteiger partial charge in [0.05, 0.1) is 69.9 Å². The molecule has 1 aromatic heterocycles. The molecule has 0 aliphatic rings. The minimum atomic E-state index is -0.998. The molecule has 2 aromatic rings. The smallest absolute Gasteiger partial charge is 0.409 e. The van der Waals surface area contributed by atoms with E-state index in [1.807, 2.05) is 25.1 Å². The molecule has 0 radical (unpaired) electrons. The van der Waals surface area contributed by atoms with Gasteiger partial charge in [0.25, 0.3) is 0 Å². The number of benzene rings is 1. The van der Waals surface area contributed by atoms with Gasteiger partial charge in [-0.15, -0.1) is 0 Å². The van der Waals surface area contributed by atoms with E-state index in [1.54, 1.807) is 14.0 Å². The molecular weight excluding hydrogens is 476 g/mol. The summed E-state index contributed by atoms with van der Waals surface area (Å²) in [6.07, 6.45) is 0. The van der Waals surface area contributed by atoms with Gasteiger partial charge in [-0.05, 0) is 42.4 Å². The summed E-state index contributed by atoms with van der Waals surface area (Å²) in [6.45, 7) is 7.16. The topological polar surface area (TPSA) is 137 Å². The average Bonchev–Trinajstić information content (AvgIpc) is 3.12. The molecule has 3 N–H and O–H groups in total. The van der Waals surface area contributed by atoms with E-state index in [0.717, 1.165) is 11.3 Å². The summed E-state index contributed by atoms with van der Waals surface area (Å²) in [5, 5.41) is 36.3. The number of nitrogens with zero attached hydrogens (tertiary/aromatic N) is 4. The molecule has 12 heteroatoms.